The molecule has 1 aliphatic heterocycles. The maximum atomic E-state index is 5.90. The third-order valence-electron chi connectivity index (χ3n) is 3.22. The molecule has 0 aromatic carbocycles. The fraction of sp³-hybridized carbons (Fsp3) is 1.00. The van der Waals surface area contributed by atoms with E-state index in [1.165, 1.54) is 19.5 Å². The van der Waals surface area contributed by atoms with Crippen LogP contribution in [0.1, 0.15) is 40.0 Å². The smallest absolute Gasteiger partial charge is 0.00700 e. The van der Waals surface area contributed by atoms with E-state index in [4.69, 9.17) is 5.73 Å². The van der Waals surface area contributed by atoms with Crippen molar-refractivity contribution in [3.8, 4) is 0 Å². The average Bonchev–Trinajstić information content (AvgIpc) is 2.41. The molecule has 1 rings (SSSR count). The molecule has 3 atom stereocenters. The first-order valence-electron chi connectivity index (χ1n) is 5.63. The summed E-state index contributed by atoms with van der Waals surface area (Å²) in [5.41, 5.74) is 5.90. The fourth-order valence-electron chi connectivity index (χ4n) is 2.23. The van der Waals surface area contributed by atoms with Crippen LogP contribution in [0.3, 0.4) is 0 Å². The first-order valence-corrected chi connectivity index (χ1v) is 5.63. The highest BCUT2D eigenvalue weighted by molar-refractivity contribution is 4.80. The minimum atomic E-state index is 0.406. The highest BCUT2D eigenvalue weighted by atomic mass is 15.2. The number of nitrogens with two attached hydrogens (primary N) is 1. The van der Waals surface area contributed by atoms with E-state index in [1.807, 2.05) is 0 Å². The number of hydrogen-bond donors (Lipinski definition) is 1. The summed E-state index contributed by atoms with van der Waals surface area (Å²) >= 11 is 0. The Bertz CT molecular complexity index is 147. The Balaban J connectivity index is 2.21. The maximum Gasteiger partial charge on any atom is 0.00700 e. The molecule has 13 heavy (non-hydrogen) atoms. The van der Waals surface area contributed by atoms with E-state index in [2.05, 4.69) is 25.7 Å². The second-order valence-corrected chi connectivity index (χ2v) is 4.64. The molecule has 0 aromatic heterocycles. The predicted octanol–water partition coefficient (Wildman–Crippen LogP) is 1.84. The van der Waals surface area contributed by atoms with Crippen molar-refractivity contribution in [1.29, 1.82) is 0 Å². The van der Waals surface area contributed by atoms with Crippen molar-refractivity contribution in [3.05, 3.63) is 0 Å². The summed E-state index contributed by atoms with van der Waals surface area (Å²) in [7, 11) is 0. The summed E-state index contributed by atoms with van der Waals surface area (Å²) in [6, 6.07) is 1.18. The summed E-state index contributed by atoms with van der Waals surface area (Å²) in [4.78, 5) is 2.58. The highest BCUT2D eigenvalue weighted by Gasteiger charge is 2.25. The first-order chi connectivity index (χ1) is 6.13. The van der Waals surface area contributed by atoms with Crippen LogP contribution in [0.5, 0.6) is 0 Å². The van der Waals surface area contributed by atoms with Gasteiger partial charge in [-0.15, -0.1) is 0 Å². The normalized spacial score (nSPS) is 32.3. The second-order valence-electron chi connectivity index (χ2n) is 4.64. The van der Waals surface area contributed by atoms with Gasteiger partial charge in [0.05, 0.1) is 0 Å². The predicted molar refractivity (Wildman–Crippen MR) is 57.7 cm³/mol. The molecule has 0 aliphatic carbocycles. The third-order valence-corrected chi connectivity index (χ3v) is 3.22. The zero-order valence-corrected chi connectivity index (χ0v) is 9.29. The van der Waals surface area contributed by atoms with Crippen molar-refractivity contribution in [3.63, 3.8) is 0 Å². The minimum Gasteiger partial charge on any atom is -0.328 e. The Kier molecular flexibility index (Phi) is 4.20. The van der Waals surface area contributed by atoms with Crippen molar-refractivity contribution < 1.29 is 0 Å². The van der Waals surface area contributed by atoms with Gasteiger partial charge in [-0.2, -0.15) is 0 Å². The molecule has 0 spiro atoms. The van der Waals surface area contributed by atoms with Gasteiger partial charge < -0.3 is 10.6 Å². The average molecular weight is 184 g/mol. The number of nitrogens with zero attached hydrogens (tertiary/aromatic N) is 1. The van der Waals surface area contributed by atoms with Crippen LogP contribution in [0.2, 0.25) is 0 Å². The number of likely N-dealkylation sites (tertiary alicyclic amines) is 1. The topological polar surface area (TPSA) is 29.3 Å². The van der Waals surface area contributed by atoms with Gasteiger partial charge in [0, 0.05) is 18.6 Å². The molecular weight excluding hydrogens is 160 g/mol. The van der Waals surface area contributed by atoms with Crippen molar-refractivity contribution in [2.45, 2.75) is 52.1 Å². The zero-order valence-electron chi connectivity index (χ0n) is 9.29. The van der Waals surface area contributed by atoms with Crippen molar-refractivity contribution in [2.24, 2.45) is 11.7 Å². The van der Waals surface area contributed by atoms with Gasteiger partial charge in [0.1, 0.15) is 0 Å². The van der Waals surface area contributed by atoms with Crippen LogP contribution >= 0.6 is 0 Å². The largest absolute Gasteiger partial charge is 0.328 e. The molecule has 2 N–H and O–H groups in total. The lowest BCUT2D eigenvalue weighted by atomic mass is 10.1. The highest BCUT2D eigenvalue weighted by Crippen LogP contribution is 2.22. The van der Waals surface area contributed by atoms with Crippen LogP contribution in [0.25, 0.3) is 0 Å². The quantitative estimate of drug-likeness (QED) is 0.722. The zero-order chi connectivity index (χ0) is 9.84. The van der Waals surface area contributed by atoms with E-state index in [-0.39, 0.29) is 0 Å². The molecule has 1 aliphatic rings. The minimum absolute atomic E-state index is 0.406. The van der Waals surface area contributed by atoms with Crippen molar-refractivity contribution in [1.82, 2.24) is 4.90 Å². The van der Waals surface area contributed by atoms with E-state index < -0.39 is 0 Å². The summed E-state index contributed by atoms with van der Waals surface area (Å²) < 4.78 is 0. The Morgan fingerprint density at radius 2 is 2.15 bits per heavy atom. The SMILES string of the molecule is CCC(N)CCN1CC(C)CC1C. The molecule has 0 bridgehead atoms. The van der Waals surface area contributed by atoms with Crippen LogP contribution in [-0.4, -0.2) is 30.1 Å². The monoisotopic (exact) mass is 184 g/mol. The second kappa shape index (κ2) is 4.97. The van der Waals surface area contributed by atoms with E-state index >= 15 is 0 Å². The Morgan fingerprint density at radius 3 is 2.62 bits per heavy atom. The first kappa shape index (κ1) is 11.0. The van der Waals surface area contributed by atoms with Crippen LogP contribution in [0.15, 0.2) is 0 Å². The molecule has 1 fully saturated rings. The Morgan fingerprint density at radius 1 is 1.46 bits per heavy atom. The molecule has 0 saturated carbocycles. The van der Waals surface area contributed by atoms with E-state index in [9.17, 15) is 0 Å². The lowest BCUT2D eigenvalue weighted by Gasteiger charge is -2.22. The van der Waals surface area contributed by atoms with E-state index in [0.29, 0.717) is 6.04 Å². The van der Waals surface area contributed by atoms with Crippen LogP contribution in [0.4, 0.5) is 0 Å². The summed E-state index contributed by atoms with van der Waals surface area (Å²) in [5, 5.41) is 0. The van der Waals surface area contributed by atoms with Gasteiger partial charge in [-0.3, -0.25) is 0 Å². The summed E-state index contributed by atoms with van der Waals surface area (Å²) in [6.07, 6.45) is 3.63. The van der Waals surface area contributed by atoms with Crippen LogP contribution in [-0.2, 0) is 0 Å². The summed E-state index contributed by atoms with van der Waals surface area (Å²) in [5.74, 6) is 0.882. The Labute approximate surface area is 82.5 Å². The summed E-state index contributed by atoms with van der Waals surface area (Å²) in [6.45, 7) is 9.32. The Hall–Kier alpha value is -0.0800. The maximum absolute atomic E-state index is 5.90. The van der Waals surface area contributed by atoms with Gasteiger partial charge in [0.2, 0.25) is 0 Å². The van der Waals surface area contributed by atoms with Gasteiger partial charge in [-0.05, 0) is 38.6 Å². The molecule has 1 saturated heterocycles. The molecule has 2 nitrogen and oxygen atoms in total. The number of hydrogen-bond acceptors (Lipinski definition) is 2. The molecule has 0 amide bonds. The van der Waals surface area contributed by atoms with Crippen LogP contribution in [0, 0.1) is 5.92 Å². The lowest BCUT2D eigenvalue weighted by Crippen LogP contribution is -2.32. The molecule has 0 radical (unpaired) electrons. The van der Waals surface area contributed by atoms with Gasteiger partial charge in [0.25, 0.3) is 0 Å². The van der Waals surface area contributed by atoms with Crippen LogP contribution < -0.4 is 5.73 Å². The van der Waals surface area contributed by atoms with Gasteiger partial charge in [-0.1, -0.05) is 13.8 Å². The fourth-order valence-corrected chi connectivity index (χ4v) is 2.23. The molecule has 1 heterocycles. The lowest BCUT2D eigenvalue weighted by molar-refractivity contribution is 0.253. The molecule has 3 unspecified atom stereocenters. The molecule has 78 valence electrons. The van der Waals surface area contributed by atoms with Gasteiger partial charge >= 0.3 is 0 Å². The van der Waals surface area contributed by atoms with E-state index in [0.717, 1.165) is 24.8 Å². The van der Waals surface area contributed by atoms with E-state index in [1.54, 1.807) is 0 Å². The van der Waals surface area contributed by atoms with Crippen molar-refractivity contribution in [2.75, 3.05) is 13.1 Å². The van der Waals surface area contributed by atoms with Gasteiger partial charge in [0.15, 0.2) is 0 Å². The van der Waals surface area contributed by atoms with Gasteiger partial charge in [-0.25, -0.2) is 0 Å². The van der Waals surface area contributed by atoms with Crippen molar-refractivity contribution >= 4 is 0 Å². The molecule has 2 heteroatoms. The molecular formula is C11H24N2. The molecule has 0 aromatic rings. The third kappa shape index (κ3) is 3.28. The number of rotatable bonds is 4. The standard InChI is InChI=1S/C11H24N2/c1-4-11(12)5-6-13-8-9(2)7-10(13)3/h9-11H,4-8,12H2,1-3H3.